The molecule has 0 amide bonds. The number of benzene rings is 1. The van der Waals surface area contributed by atoms with Crippen LogP contribution in [-0.4, -0.2) is 39.5 Å². The Morgan fingerprint density at radius 3 is 2.35 bits per heavy atom. The lowest BCUT2D eigenvalue weighted by Gasteiger charge is -2.18. The molecule has 1 aromatic rings. The van der Waals surface area contributed by atoms with Crippen molar-refractivity contribution < 1.29 is 8.42 Å². The Morgan fingerprint density at radius 2 is 1.85 bits per heavy atom. The molecule has 0 saturated heterocycles. The van der Waals surface area contributed by atoms with Crippen LogP contribution in [0.15, 0.2) is 26.0 Å². The van der Waals surface area contributed by atoms with E-state index < -0.39 is 10.0 Å². The van der Waals surface area contributed by atoms with Crippen LogP contribution in [0.5, 0.6) is 0 Å². The van der Waals surface area contributed by atoms with Gasteiger partial charge >= 0.3 is 0 Å². The fraction of sp³-hybridized carbons (Fsp3) is 0.500. The van der Waals surface area contributed by atoms with Crippen LogP contribution in [-0.2, 0) is 10.0 Å². The second kappa shape index (κ2) is 7.74. The first-order valence-electron chi connectivity index (χ1n) is 6.28. The number of nitrogens with two attached hydrogens (primary N) is 1. The molecule has 0 atom stereocenters. The Kier molecular flexibility index (Phi) is 6.93. The summed E-state index contributed by atoms with van der Waals surface area (Å²) in [7, 11) is -3.62. The van der Waals surface area contributed by atoms with Gasteiger partial charge in [0.05, 0.1) is 5.69 Å². The number of nitrogen functional groups attached to an aromatic ring is 1. The topological polar surface area (TPSA) is 75.4 Å². The Labute approximate surface area is 137 Å². The fourth-order valence-corrected chi connectivity index (χ4v) is 4.90. The molecule has 0 aliphatic rings. The second-order valence-corrected chi connectivity index (χ2v) is 7.70. The average Bonchev–Trinajstić information content (AvgIpc) is 2.32. The third-order valence-corrected chi connectivity index (χ3v) is 5.84. The van der Waals surface area contributed by atoms with Crippen LogP contribution in [0.4, 0.5) is 5.69 Å². The molecule has 0 aliphatic carbocycles. The number of hydrogen-bond donors (Lipinski definition) is 2. The van der Waals surface area contributed by atoms with E-state index >= 15 is 0 Å². The summed E-state index contributed by atoms with van der Waals surface area (Å²) in [4.78, 5) is 2.22. The van der Waals surface area contributed by atoms with E-state index in [1.165, 1.54) is 0 Å². The lowest BCUT2D eigenvalue weighted by molar-refractivity contribution is 0.309. The van der Waals surface area contributed by atoms with Crippen LogP contribution >= 0.6 is 31.9 Å². The monoisotopic (exact) mass is 427 g/mol. The maximum absolute atomic E-state index is 12.3. The van der Waals surface area contributed by atoms with Crippen LogP contribution in [0.3, 0.4) is 0 Å². The number of halogens is 2. The predicted octanol–water partition coefficient (Wildman–Crippen LogP) is 2.41. The summed E-state index contributed by atoms with van der Waals surface area (Å²) in [6, 6.07) is 3.24. The minimum absolute atomic E-state index is 0.0836. The molecule has 5 nitrogen and oxygen atoms in total. The van der Waals surface area contributed by atoms with Gasteiger partial charge in [-0.1, -0.05) is 29.8 Å². The highest BCUT2D eigenvalue weighted by atomic mass is 79.9. The van der Waals surface area contributed by atoms with Gasteiger partial charge in [0.25, 0.3) is 0 Å². The minimum atomic E-state index is -3.62. The quantitative estimate of drug-likeness (QED) is 0.654. The smallest absolute Gasteiger partial charge is 0.243 e. The number of nitrogens with one attached hydrogen (secondary N) is 1. The molecule has 1 rings (SSSR count). The van der Waals surface area contributed by atoms with Gasteiger partial charge in [0.2, 0.25) is 10.0 Å². The Hall–Kier alpha value is -0.150. The maximum Gasteiger partial charge on any atom is 0.243 e. The highest BCUT2D eigenvalue weighted by molar-refractivity contribution is 9.11. The zero-order valence-electron chi connectivity index (χ0n) is 11.5. The molecule has 114 valence electrons. The average molecular weight is 429 g/mol. The van der Waals surface area contributed by atoms with Crippen molar-refractivity contribution in [3.8, 4) is 0 Å². The van der Waals surface area contributed by atoms with Crippen LogP contribution in [0, 0.1) is 0 Å². The van der Waals surface area contributed by atoms with Gasteiger partial charge in [-0.3, -0.25) is 0 Å². The summed E-state index contributed by atoms with van der Waals surface area (Å²) in [5, 5.41) is 0. The Morgan fingerprint density at radius 1 is 1.25 bits per heavy atom. The van der Waals surface area contributed by atoms with Crippen molar-refractivity contribution in [3.05, 3.63) is 21.1 Å². The van der Waals surface area contributed by atoms with Gasteiger partial charge in [-0.15, -0.1) is 0 Å². The van der Waals surface area contributed by atoms with Crippen molar-refractivity contribution in [1.29, 1.82) is 0 Å². The molecule has 1 aromatic carbocycles. The molecule has 0 saturated carbocycles. The van der Waals surface area contributed by atoms with Crippen molar-refractivity contribution in [2.45, 2.75) is 18.7 Å². The van der Waals surface area contributed by atoms with Gasteiger partial charge in [-0.25, -0.2) is 13.1 Å². The third kappa shape index (κ3) is 4.70. The van der Waals surface area contributed by atoms with E-state index in [4.69, 9.17) is 5.73 Å². The van der Waals surface area contributed by atoms with E-state index in [-0.39, 0.29) is 10.6 Å². The molecular formula is C12H19Br2N3O2S. The van der Waals surface area contributed by atoms with Crippen LogP contribution in [0.1, 0.15) is 13.8 Å². The maximum atomic E-state index is 12.3. The zero-order chi connectivity index (χ0) is 15.3. The molecule has 20 heavy (non-hydrogen) atoms. The number of sulfonamides is 1. The molecule has 0 aliphatic heterocycles. The summed E-state index contributed by atoms with van der Waals surface area (Å²) >= 11 is 6.51. The molecule has 0 fully saturated rings. The molecule has 8 heteroatoms. The number of nitrogens with zero attached hydrogens (tertiary/aromatic N) is 1. The molecule has 0 bridgehead atoms. The molecule has 0 heterocycles. The van der Waals surface area contributed by atoms with Crippen LogP contribution in [0.2, 0.25) is 0 Å². The van der Waals surface area contributed by atoms with E-state index in [9.17, 15) is 8.42 Å². The molecule has 0 spiro atoms. The van der Waals surface area contributed by atoms with Gasteiger partial charge in [0.1, 0.15) is 4.90 Å². The number of hydrogen-bond acceptors (Lipinski definition) is 4. The first-order valence-corrected chi connectivity index (χ1v) is 9.35. The normalized spacial score (nSPS) is 12.1. The van der Waals surface area contributed by atoms with Gasteiger partial charge in [0.15, 0.2) is 0 Å². The first kappa shape index (κ1) is 17.9. The summed E-state index contributed by atoms with van der Waals surface area (Å²) in [6.45, 7) is 6.89. The van der Waals surface area contributed by atoms with Crippen molar-refractivity contribution in [3.63, 3.8) is 0 Å². The first-order chi connectivity index (χ1) is 9.31. The number of likely N-dealkylation sites (N-methyl/N-ethyl adjacent to an activating group) is 1. The Bertz CT molecular complexity index is 537. The van der Waals surface area contributed by atoms with Crippen molar-refractivity contribution in [2.24, 2.45) is 0 Å². The van der Waals surface area contributed by atoms with Gasteiger partial charge in [0, 0.05) is 22.0 Å². The standard InChI is InChI=1S/C12H19Br2N3O2S/c1-3-17(4-2)6-5-16-20(18,19)12-10(14)7-9(13)8-11(12)15/h7-8,16H,3-6,15H2,1-2H3. The van der Waals surface area contributed by atoms with E-state index in [2.05, 4.69) is 41.5 Å². The van der Waals surface area contributed by atoms with Gasteiger partial charge in [-0.05, 0) is 41.2 Å². The number of anilines is 1. The highest BCUT2D eigenvalue weighted by Gasteiger charge is 2.21. The molecule has 0 radical (unpaired) electrons. The Balaban J connectivity index is 2.85. The third-order valence-electron chi connectivity index (χ3n) is 2.92. The lowest BCUT2D eigenvalue weighted by Crippen LogP contribution is -2.35. The zero-order valence-corrected chi connectivity index (χ0v) is 15.5. The summed E-state index contributed by atoms with van der Waals surface area (Å²) in [6.07, 6.45) is 0. The van der Waals surface area contributed by atoms with E-state index in [0.717, 1.165) is 17.6 Å². The van der Waals surface area contributed by atoms with Crippen molar-refractivity contribution in [2.75, 3.05) is 31.9 Å². The lowest BCUT2D eigenvalue weighted by atomic mass is 10.3. The number of rotatable bonds is 7. The fourth-order valence-electron chi connectivity index (χ4n) is 1.81. The van der Waals surface area contributed by atoms with Gasteiger partial charge < -0.3 is 10.6 Å². The van der Waals surface area contributed by atoms with Crippen LogP contribution < -0.4 is 10.5 Å². The summed E-state index contributed by atoms with van der Waals surface area (Å²) in [5.41, 5.74) is 6.01. The van der Waals surface area contributed by atoms with E-state index in [1.807, 2.05) is 13.8 Å². The second-order valence-electron chi connectivity index (χ2n) is 4.23. The summed E-state index contributed by atoms with van der Waals surface area (Å²) in [5.74, 6) is 0. The highest BCUT2D eigenvalue weighted by Crippen LogP contribution is 2.31. The minimum Gasteiger partial charge on any atom is -0.398 e. The summed E-state index contributed by atoms with van der Waals surface area (Å²) < 4.78 is 28.3. The molecule has 0 unspecified atom stereocenters. The van der Waals surface area contributed by atoms with Crippen molar-refractivity contribution in [1.82, 2.24) is 9.62 Å². The van der Waals surface area contributed by atoms with Crippen molar-refractivity contribution >= 4 is 47.6 Å². The molecule has 0 aromatic heterocycles. The SMILES string of the molecule is CCN(CC)CCNS(=O)(=O)c1c(N)cc(Br)cc1Br. The molecule has 3 N–H and O–H groups in total. The largest absolute Gasteiger partial charge is 0.398 e. The van der Waals surface area contributed by atoms with Crippen LogP contribution in [0.25, 0.3) is 0 Å². The molecular weight excluding hydrogens is 410 g/mol. The van der Waals surface area contributed by atoms with E-state index in [0.29, 0.717) is 17.6 Å². The predicted molar refractivity (Wildman–Crippen MR) is 89.2 cm³/mol. The van der Waals surface area contributed by atoms with Gasteiger partial charge in [-0.2, -0.15) is 0 Å². The van der Waals surface area contributed by atoms with E-state index in [1.54, 1.807) is 12.1 Å².